The molecule has 0 aromatic carbocycles. The first-order valence-corrected chi connectivity index (χ1v) is 3.96. The van der Waals surface area contributed by atoms with Gasteiger partial charge in [-0.05, 0) is 0 Å². The molecular weight excluding hydrogens is 160 g/mol. The van der Waals surface area contributed by atoms with Crippen LogP contribution in [0.3, 0.4) is 0 Å². The van der Waals surface area contributed by atoms with Gasteiger partial charge in [0.05, 0.1) is 7.11 Å². The van der Waals surface area contributed by atoms with Crippen molar-refractivity contribution in [2.24, 2.45) is 0 Å². The Labute approximate surface area is 71.3 Å². The highest BCUT2D eigenvalue weighted by molar-refractivity contribution is 5.73. The first-order valence-electron chi connectivity index (χ1n) is 3.96. The van der Waals surface area contributed by atoms with E-state index in [1.807, 2.05) is 0 Å². The van der Waals surface area contributed by atoms with Gasteiger partial charge in [-0.15, -0.1) is 0 Å². The van der Waals surface area contributed by atoms with Gasteiger partial charge in [-0.3, -0.25) is 4.90 Å². The maximum atomic E-state index is 10.9. The van der Waals surface area contributed by atoms with Crippen LogP contribution in [0.25, 0.3) is 0 Å². The van der Waals surface area contributed by atoms with Crippen molar-refractivity contribution in [3.8, 4) is 0 Å². The number of hydrogen-bond donors (Lipinski definition) is 2. The summed E-state index contributed by atoms with van der Waals surface area (Å²) >= 11 is 0. The van der Waals surface area contributed by atoms with Crippen LogP contribution >= 0.6 is 0 Å². The summed E-state index contributed by atoms with van der Waals surface area (Å²) in [4.78, 5) is 12.6. The Bertz CT molecular complexity index is 157. The van der Waals surface area contributed by atoms with Crippen molar-refractivity contribution in [3.63, 3.8) is 0 Å². The summed E-state index contributed by atoms with van der Waals surface area (Å²) in [5.41, 5.74) is 0. The SMILES string of the molecule is COC(=O)C(O)N1CCNCC1. The van der Waals surface area contributed by atoms with Gasteiger partial charge in [0.15, 0.2) is 0 Å². The summed E-state index contributed by atoms with van der Waals surface area (Å²) in [6.45, 7) is 2.95. The average molecular weight is 174 g/mol. The maximum Gasteiger partial charge on any atom is 0.350 e. The third-order valence-electron chi connectivity index (χ3n) is 1.91. The molecule has 1 aliphatic heterocycles. The molecule has 2 N–H and O–H groups in total. The normalized spacial score (nSPS) is 21.8. The summed E-state index contributed by atoms with van der Waals surface area (Å²) in [5, 5.41) is 12.5. The van der Waals surface area contributed by atoms with E-state index in [1.165, 1.54) is 7.11 Å². The lowest BCUT2D eigenvalue weighted by Crippen LogP contribution is -2.51. The van der Waals surface area contributed by atoms with Gasteiger partial charge in [-0.1, -0.05) is 0 Å². The highest BCUT2D eigenvalue weighted by atomic mass is 16.5. The largest absolute Gasteiger partial charge is 0.466 e. The van der Waals surface area contributed by atoms with Gasteiger partial charge in [0.2, 0.25) is 6.23 Å². The molecule has 0 aliphatic carbocycles. The van der Waals surface area contributed by atoms with E-state index in [0.29, 0.717) is 13.1 Å². The van der Waals surface area contributed by atoms with Crippen molar-refractivity contribution < 1.29 is 14.6 Å². The number of nitrogens with one attached hydrogen (secondary N) is 1. The highest BCUT2D eigenvalue weighted by Gasteiger charge is 2.24. The minimum atomic E-state index is -1.10. The Morgan fingerprint density at radius 1 is 1.58 bits per heavy atom. The van der Waals surface area contributed by atoms with E-state index in [-0.39, 0.29) is 0 Å². The zero-order valence-corrected chi connectivity index (χ0v) is 7.12. The minimum Gasteiger partial charge on any atom is -0.466 e. The van der Waals surface area contributed by atoms with Gasteiger partial charge in [0, 0.05) is 26.2 Å². The summed E-state index contributed by atoms with van der Waals surface area (Å²) in [6, 6.07) is 0. The summed E-state index contributed by atoms with van der Waals surface area (Å²) in [6.07, 6.45) is -1.10. The number of carbonyl (C=O) groups is 1. The highest BCUT2D eigenvalue weighted by Crippen LogP contribution is 1.99. The fraction of sp³-hybridized carbons (Fsp3) is 0.857. The van der Waals surface area contributed by atoms with Crippen molar-refractivity contribution >= 4 is 5.97 Å². The lowest BCUT2D eigenvalue weighted by Gasteiger charge is -2.29. The molecule has 0 aromatic heterocycles. The zero-order chi connectivity index (χ0) is 8.97. The number of piperazine rings is 1. The number of carbonyl (C=O) groups excluding carboxylic acids is 1. The monoisotopic (exact) mass is 174 g/mol. The molecule has 1 rings (SSSR count). The van der Waals surface area contributed by atoms with Gasteiger partial charge in [-0.2, -0.15) is 0 Å². The van der Waals surface area contributed by atoms with E-state index >= 15 is 0 Å². The number of methoxy groups -OCH3 is 1. The minimum absolute atomic E-state index is 0.586. The molecule has 0 saturated carbocycles. The van der Waals surface area contributed by atoms with Crippen molar-refractivity contribution in [2.75, 3.05) is 33.3 Å². The Balaban J connectivity index is 2.39. The molecule has 1 heterocycles. The summed E-state index contributed by atoms with van der Waals surface area (Å²) in [7, 11) is 1.27. The van der Waals surface area contributed by atoms with Crippen molar-refractivity contribution in [1.29, 1.82) is 0 Å². The van der Waals surface area contributed by atoms with Gasteiger partial charge in [0.25, 0.3) is 0 Å². The Hall–Kier alpha value is -0.650. The molecule has 70 valence electrons. The smallest absolute Gasteiger partial charge is 0.350 e. The Kier molecular flexibility index (Phi) is 3.46. The molecule has 0 spiro atoms. The van der Waals surface area contributed by atoms with E-state index in [4.69, 9.17) is 0 Å². The first-order chi connectivity index (χ1) is 5.75. The molecule has 1 unspecified atom stereocenters. The number of ether oxygens (including phenoxy) is 1. The standard InChI is InChI=1S/C7H14N2O3/c1-12-7(11)6(10)9-4-2-8-3-5-9/h6,8,10H,2-5H2,1H3. The van der Waals surface area contributed by atoms with Crippen molar-refractivity contribution in [1.82, 2.24) is 10.2 Å². The molecule has 0 bridgehead atoms. The predicted octanol–water partition coefficient (Wildman–Crippen LogP) is -1.62. The second-order valence-electron chi connectivity index (χ2n) is 2.68. The van der Waals surface area contributed by atoms with E-state index in [0.717, 1.165) is 13.1 Å². The van der Waals surface area contributed by atoms with Gasteiger partial charge >= 0.3 is 5.97 Å². The van der Waals surface area contributed by atoms with Crippen molar-refractivity contribution in [3.05, 3.63) is 0 Å². The lowest BCUT2D eigenvalue weighted by molar-refractivity contribution is -0.161. The number of hydrogen-bond acceptors (Lipinski definition) is 5. The van der Waals surface area contributed by atoms with Crippen LogP contribution < -0.4 is 5.32 Å². The fourth-order valence-corrected chi connectivity index (χ4v) is 1.18. The average Bonchev–Trinajstić information content (AvgIpc) is 2.17. The number of nitrogens with zero attached hydrogens (tertiary/aromatic N) is 1. The summed E-state index contributed by atoms with van der Waals surface area (Å²) < 4.78 is 4.41. The number of aliphatic hydroxyl groups is 1. The third-order valence-corrected chi connectivity index (χ3v) is 1.91. The van der Waals surface area contributed by atoms with Crippen LogP contribution in [0, 0.1) is 0 Å². The number of rotatable bonds is 2. The molecule has 12 heavy (non-hydrogen) atoms. The molecule has 5 nitrogen and oxygen atoms in total. The Morgan fingerprint density at radius 2 is 2.17 bits per heavy atom. The summed E-state index contributed by atoms with van der Waals surface area (Å²) in [5.74, 6) is -0.586. The number of esters is 1. The van der Waals surface area contributed by atoms with Crippen LogP contribution in [-0.4, -0.2) is 55.5 Å². The molecule has 1 saturated heterocycles. The quantitative estimate of drug-likeness (QED) is 0.493. The predicted molar refractivity (Wildman–Crippen MR) is 42.5 cm³/mol. The van der Waals surface area contributed by atoms with E-state index in [9.17, 15) is 9.90 Å². The topological polar surface area (TPSA) is 61.8 Å². The van der Waals surface area contributed by atoms with Crippen LogP contribution in [0.2, 0.25) is 0 Å². The maximum absolute atomic E-state index is 10.9. The molecule has 0 radical (unpaired) electrons. The van der Waals surface area contributed by atoms with Crippen molar-refractivity contribution in [2.45, 2.75) is 6.23 Å². The van der Waals surface area contributed by atoms with Gasteiger partial charge in [-0.25, -0.2) is 4.79 Å². The van der Waals surface area contributed by atoms with Crippen LogP contribution in [-0.2, 0) is 9.53 Å². The zero-order valence-electron chi connectivity index (χ0n) is 7.12. The van der Waals surface area contributed by atoms with Crippen LogP contribution in [0.15, 0.2) is 0 Å². The van der Waals surface area contributed by atoms with Gasteiger partial charge in [0.1, 0.15) is 0 Å². The molecular formula is C7H14N2O3. The van der Waals surface area contributed by atoms with Gasteiger partial charge < -0.3 is 15.2 Å². The molecule has 5 heteroatoms. The molecule has 0 aromatic rings. The first kappa shape index (κ1) is 9.44. The lowest BCUT2D eigenvalue weighted by atomic mass is 10.3. The molecule has 1 atom stereocenters. The van der Waals surface area contributed by atoms with Crippen LogP contribution in [0.5, 0.6) is 0 Å². The number of aliphatic hydroxyl groups excluding tert-OH is 1. The second kappa shape index (κ2) is 4.39. The fourth-order valence-electron chi connectivity index (χ4n) is 1.18. The van der Waals surface area contributed by atoms with Crippen LogP contribution in [0.4, 0.5) is 0 Å². The Morgan fingerprint density at radius 3 is 2.67 bits per heavy atom. The van der Waals surface area contributed by atoms with E-state index in [1.54, 1.807) is 4.90 Å². The molecule has 0 amide bonds. The van der Waals surface area contributed by atoms with E-state index < -0.39 is 12.2 Å². The molecule has 1 aliphatic rings. The molecule has 1 fully saturated rings. The second-order valence-corrected chi connectivity index (χ2v) is 2.68. The van der Waals surface area contributed by atoms with Crippen LogP contribution in [0.1, 0.15) is 0 Å². The van der Waals surface area contributed by atoms with E-state index in [2.05, 4.69) is 10.1 Å². The third kappa shape index (κ3) is 2.17.